The largest absolute Gasteiger partial charge is 0.495 e. The summed E-state index contributed by atoms with van der Waals surface area (Å²) >= 11 is 0. The third-order valence-electron chi connectivity index (χ3n) is 2.87. The first-order chi connectivity index (χ1) is 10.2. The van der Waals surface area contributed by atoms with Crippen LogP contribution >= 0.6 is 0 Å². The zero-order valence-corrected chi connectivity index (χ0v) is 12.1. The molecule has 1 amide bonds. The molecule has 0 aliphatic heterocycles. The van der Waals surface area contributed by atoms with Gasteiger partial charge in [-0.15, -0.1) is 0 Å². The van der Waals surface area contributed by atoms with Crippen molar-refractivity contribution in [2.24, 2.45) is 0 Å². The number of benzene rings is 1. The van der Waals surface area contributed by atoms with Crippen LogP contribution in [0.5, 0.6) is 5.75 Å². The van der Waals surface area contributed by atoms with E-state index in [0.29, 0.717) is 17.2 Å². The van der Waals surface area contributed by atoms with Gasteiger partial charge in [-0.05, 0) is 24.3 Å². The monoisotopic (exact) mass is 291 g/mol. The quantitative estimate of drug-likeness (QED) is 0.829. The standard InChI is InChI=1S/C15H17NO5/c1-18-11-7-5-4-6-10(11)16-14(17)12-8-9-13(21-12)15(19-2)20-3/h4-9,15H,1-3H3,(H,16,17). The van der Waals surface area contributed by atoms with Crippen LogP contribution in [0, 0.1) is 0 Å². The Balaban J connectivity index is 2.14. The molecule has 112 valence electrons. The molecule has 2 aromatic rings. The molecule has 0 bridgehead atoms. The van der Waals surface area contributed by atoms with Gasteiger partial charge in [-0.2, -0.15) is 0 Å². The van der Waals surface area contributed by atoms with Crippen molar-refractivity contribution < 1.29 is 23.4 Å². The average molecular weight is 291 g/mol. The normalized spacial score (nSPS) is 10.7. The Labute approximate surface area is 122 Å². The molecule has 1 N–H and O–H groups in total. The van der Waals surface area contributed by atoms with Crippen molar-refractivity contribution in [3.63, 3.8) is 0 Å². The van der Waals surface area contributed by atoms with Crippen LogP contribution in [0.15, 0.2) is 40.8 Å². The summed E-state index contributed by atoms with van der Waals surface area (Å²) in [5, 5.41) is 2.73. The van der Waals surface area contributed by atoms with Gasteiger partial charge in [-0.25, -0.2) is 0 Å². The van der Waals surface area contributed by atoms with E-state index >= 15 is 0 Å². The lowest BCUT2D eigenvalue weighted by Gasteiger charge is -2.10. The Morgan fingerprint density at radius 2 is 1.81 bits per heavy atom. The third-order valence-corrected chi connectivity index (χ3v) is 2.87. The van der Waals surface area contributed by atoms with Crippen molar-refractivity contribution in [3.8, 4) is 5.75 Å². The molecule has 1 aromatic heterocycles. The molecule has 0 atom stereocenters. The smallest absolute Gasteiger partial charge is 0.291 e. The topological polar surface area (TPSA) is 69.9 Å². The molecular weight excluding hydrogens is 274 g/mol. The van der Waals surface area contributed by atoms with Gasteiger partial charge >= 0.3 is 0 Å². The minimum Gasteiger partial charge on any atom is -0.495 e. The summed E-state index contributed by atoms with van der Waals surface area (Å²) in [6.07, 6.45) is -0.641. The second kappa shape index (κ2) is 6.92. The Bertz CT molecular complexity index is 604. The molecule has 0 spiro atoms. The fourth-order valence-corrected chi connectivity index (χ4v) is 1.86. The number of ether oxygens (including phenoxy) is 3. The van der Waals surface area contributed by atoms with Crippen LogP contribution < -0.4 is 10.1 Å². The van der Waals surface area contributed by atoms with Gasteiger partial charge in [-0.3, -0.25) is 4.79 Å². The van der Waals surface area contributed by atoms with E-state index in [1.807, 2.05) is 6.07 Å². The lowest BCUT2D eigenvalue weighted by Crippen LogP contribution is -2.11. The van der Waals surface area contributed by atoms with E-state index in [2.05, 4.69) is 5.32 Å². The van der Waals surface area contributed by atoms with Crippen LogP contribution in [0.25, 0.3) is 0 Å². The van der Waals surface area contributed by atoms with E-state index < -0.39 is 6.29 Å². The van der Waals surface area contributed by atoms with Gasteiger partial charge in [0.2, 0.25) is 6.29 Å². The highest BCUT2D eigenvalue weighted by Gasteiger charge is 2.18. The molecule has 21 heavy (non-hydrogen) atoms. The van der Waals surface area contributed by atoms with E-state index in [1.54, 1.807) is 30.3 Å². The van der Waals surface area contributed by atoms with E-state index in [9.17, 15) is 4.79 Å². The maximum atomic E-state index is 12.2. The van der Waals surface area contributed by atoms with Gasteiger partial charge in [0.05, 0.1) is 12.8 Å². The average Bonchev–Trinajstić information content (AvgIpc) is 2.99. The highest BCUT2D eigenvalue weighted by molar-refractivity contribution is 6.03. The molecule has 1 heterocycles. The van der Waals surface area contributed by atoms with Crippen molar-refractivity contribution >= 4 is 11.6 Å². The van der Waals surface area contributed by atoms with Gasteiger partial charge in [0.25, 0.3) is 5.91 Å². The highest BCUT2D eigenvalue weighted by Crippen LogP contribution is 2.25. The molecular formula is C15H17NO5. The van der Waals surface area contributed by atoms with Crippen molar-refractivity contribution in [2.75, 3.05) is 26.6 Å². The van der Waals surface area contributed by atoms with Crippen LogP contribution in [0.2, 0.25) is 0 Å². The molecule has 6 heteroatoms. The number of anilines is 1. The number of furan rings is 1. The number of methoxy groups -OCH3 is 3. The Hall–Kier alpha value is -2.31. The van der Waals surface area contributed by atoms with Crippen molar-refractivity contribution in [3.05, 3.63) is 47.9 Å². The number of amides is 1. The predicted molar refractivity (Wildman–Crippen MR) is 76.4 cm³/mol. The number of rotatable bonds is 6. The Morgan fingerprint density at radius 3 is 2.48 bits per heavy atom. The van der Waals surface area contributed by atoms with Gasteiger partial charge in [0.1, 0.15) is 5.75 Å². The molecule has 0 aliphatic carbocycles. The molecule has 2 rings (SSSR count). The number of hydrogen-bond donors (Lipinski definition) is 1. The van der Waals surface area contributed by atoms with Gasteiger partial charge in [-0.1, -0.05) is 12.1 Å². The van der Waals surface area contributed by atoms with Crippen molar-refractivity contribution in [2.45, 2.75) is 6.29 Å². The number of para-hydroxylation sites is 2. The molecule has 0 radical (unpaired) electrons. The van der Waals surface area contributed by atoms with Gasteiger partial charge < -0.3 is 23.9 Å². The Kier molecular flexibility index (Phi) is 4.97. The predicted octanol–water partition coefficient (Wildman–Crippen LogP) is 2.83. The summed E-state index contributed by atoms with van der Waals surface area (Å²) in [7, 11) is 4.52. The van der Waals surface area contributed by atoms with Crippen LogP contribution in [-0.2, 0) is 9.47 Å². The van der Waals surface area contributed by atoms with Crippen LogP contribution in [0.1, 0.15) is 22.6 Å². The van der Waals surface area contributed by atoms with Crippen LogP contribution in [-0.4, -0.2) is 27.2 Å². The van der Waals surface area contributed by atoms with Gasteiger partial charge in [0.15, 0.2) is 11.5 Å². The molecule has 0 saturated carbocycles. The third kappa shape index (κ3) is 3.42. The lowest BCUT2D eigenvalue weighted by molar-refractivity contribution is -0.117. The fourth-order valence-electron chi connectivity index (χ4n) is 1.86. The second-order valence-corrected chi connectivity index (χ2v) is 4.16. The lowest BCUT2D eigenvalue weighted by atomic mass is 10.3. The summed E-state index contributed by atoms with van der Waals surface area (Å²) < 4.78 is 20.7. The Morgan fingerprint density at radius 1 is 1.10 bits per heavy atom. The van der Waals surface area contributed by atoms with Gasteiger partial charge in [0, 0.05) is 14.2 Å². The first kappa shape index (κ1) is 15.1. The number of carbonyl (C=O) groups is 1. The summed E-state index contributed by atoms with van der Waals surface area (Å²) in [6.45, 7) is 0. The zero-order valence-electron chi connectivity index (χ0n) is 12.1. The minimum absolute atomic E-state index is 0.162. The van der Waals surface area contributed by atoms with Crippen molar-refractivity contribution in [1.82, 2.24) is 0 Å². The first-order valence-electron chi connectivity index (χ1n) is 6.29. The number of nitrogens with one attached hydrogen (secondary N) is 1. The summed E-state index contributed by atoms with van der Waals surface area (Å²) in [5.41, 5.74) is 0.568. The summed E-state index contributed by atoms with van der Waals surface area (Å²) in [6, 6.07) is 10.3. The maximum absolute atomic E-state index is 12.2. The maximum Gasteiger partial charge on any atom is 0.291 e. The SMILES string of the molecule is COc1ccccc1NC(=O)c1ccc(C(OC)OC)o1. The van der Waals surface area contributed by atoms with Crippen molar-refractivity contribution in [1.29, 1.82) is 0 Å². The second-order valence-electron chi connectivity index (χ2n) is 4.16. The van der Waals surface area contributed by atoms with E-state index in [1.165, 1.54) is 21.3 Å². The van der Waals surface area contributed by atoms with Crippen LogP contribution in [0.4, 0.5) is 5.69 Å². The first-order valence-corrected chi connectivity index (χ1v) is 6.29. The zero-order chi connectivity index (χ0) is 15.2. The molecule has 1 aromatic carbocycles. The minimum atomic E-state index is -0.641. The molecule has 0 fully saturated rings. The molecule has 6 nitrogen and oxygen atoms in total. The van der Waals surface area contributed by atoms with Crippen LogP contribution in [0.3, 0.4) is 0 Å². The van der Waals surface area contributed by atoms with E-state index in [0.717, 1.165) is 0 Å². The number of hydrogen-bond acceptors (Lipinski definition) is 5. The fraction of sp³-hybridized carbons (Fsp3) is 0.267. The number of carbonyl (C=O) groups excluding carboxylic acids is 1. The van der Waals surface area contributed by atoms with E-state index in [-0.39, 0.29) is 11.7 Å². The molecule has 0 unspecified atom stereocenters. The highest BCUT2D eigenvalue weighted by atomic mass is 16.7. The molecule has 0 aliphatic rings. The van der Waals surface area contributed by atoms with E-state index in [4.69, 9.17) is 18.6 Å². The summed E-state index contributed by atoms with van der Waals surface area (Å²) in [4.78, 5) is 12.2. The molecule has 0 saturated heterocycles. The summed E-state index contributed by atoms with van der Waals surface area (Å²) in [5.74, 6) is 0.779.